The van der Waals surface area contributed by atoms with Crippen LogP contribution in [0.2, 0.25) is 0 Å². The molecule has 0 spiro atoms. The number of hydrogen-bond acceptors (Lipinski definition) is 5. The number of benzene rings is 2. The molecule has 0 aliphatic carbocycles. The molecule has 0 radical (unpaired) electrons. The average molecular weight is 521 g/mol. The number of carbonyl (C=O) groups is 3. The highest BCUT2D eigenvalue weighted by atomic mass is 16.5. The fourth-order valence-electron chi connectivity index (χ4n) is 4.64. The molecule has 204 valence electrons. The minimum Gasteiger partial charge on any atom is -0.463 e. The number of esters is 1. The number of nitrogens with one attached hydrogen (secondary N) is 2. The maximum absolute atomic E-state index is 13.0. The van der Waals surface area contributed by atoms with Crippen LogP contribution in [0.3, 0.4) is 0 Å². The van der Waals surface area contributed by atoms with Crippen molar-refractivity contribution in [3.8, 4) is 0 Å². The van der Waals surface area contributed by atoms with Gasteiger partial charge in [0.2, 0.25) is 11.8 Å². The number of ether oxygens (including phenoxy) is 1. The van der Waals surface area contributed by atoms with Crippen molar-refractivity contribution in [3.05, 3.63) is 83.9 Å². The van der Waals surface area contributed by atoms with E-state index >= 15 is 0 Å². The van der Waals surface area contributed by atoms with Crippen LogP contribution in [0.25, 0.3) is 0 Å². The molecule has 0 bridgehead atoms. The maximum atomic E-state index is 13.0. The zero-order valence-electron chi connectivity index (χ0n) is 22.2. The molecule has 0 aromatic heterocycles. The van der Waals surface area contributed by atoms with Gasteiger partial charge in [0.15, 0.2) is 0 Å². The topological polar surface area (TPSA) is 105 Å². The summed E-state index contributed by atoms with van der Waals surface area (Å²) in [5, 5.41) is 15.5. The Hall–Kier alpha value is -3.45. The first kappa shape index (κ1) is 29.1. The Morgan fingerprint density at radius 2 is 1.71 bits per heavy atom. The minimum absolute atomic E-state index is 0.00706. The second-order valence-electron chi connectivity index (χ2n) is 10.1. The highest BCUT2D eigenvalue weighted by Crippen LogP contribution is 2.19. The van der Waals surface area contributed by atoms with Gasteiger partial charge in [0.25, 0.3) is 0 Å². The van der Waals surface area contributed by atoms with Crippen molar-refractivity contribution in [1.29, 1.82) is 0 Å². The van der Waals surface area contributed by atoms with E-state index in [0.29, 0.717) is 25.7 Å². The molecule has 0 saturated heterocycles. The van der Waals surface area contributed by atoms with E-state index in [9.17, 15) is 19.5 Å². The molecule has 2 aromatic rings. The lowest BCUT2D eigenvalue weighted by Gasteiger charge is -2.22. The first-order chi connectivity index (χ1) is 18.4. The molecule has 7 nitrogen and oxygen atoms in total. The SMILES string of the molecule is C[C@H]1COC(=O)[C@@H](Cc2ccccc2)CCCC=CC[C@H](CC(=O)N[C@@H](CO)Cc2ccccc2)C(=O)N1. The zero-order chi connectivity index (χ0) is 27.2. The predicted molar refractivity (Wildman–Crippen MR) is 147 cm³/mol. The van der Waals surface area contributed by atoms with Crippen LogP contribution in [0.5, 0.6) is 0 Å². The second kappa shape index (κ2) is 15.7. The van der Waals surface area contributed by atoms with Gasteiger partial charge in [-0.25, -0.2) is 0 Å². The van der Waals surface area contributed by atoms with E-state index in [2.05, 4.69) is 10.6 Å². The van der Waals surface area contributed by atoms with Gasteiger partial charge in [0.1, 0.15) is 6.61 Å². The van der Waals surface area contributed by atoms with E-state index in [1.54, 1.807) is 6.92 Å². The van der Waals surface area contributed by atoms with E-state index in [4.69, 9.17) is 4.74 Å². The Morgan fingerprint density at radius 3 is 2.39 bits per heavy atom. The smallest absolute Gasteiger partial charge is 0.309 e. The van der Waals surface area contributed by atoms with Gasteiger partial charge in [-0.05, 0) is 56.6 Å². The van der Waals surface area contributed by atoms with Crippen molar-refractivity contribution in [2.24, 2.45) is 11.8 Å². The number of cyclic esters (lactones) is 1. The third-order valence-corrected chi connectivity index (χ3v) is 6.75. The van der Waals surface area contributed by atoms with Gasteiger partial charge in [-0.1, -0.05) is 72.8 Å². The molecule has 0 saturated carbocycles. The van der Waals surface area contributed by atoms with E-state index in [1.807, 2.05) is 72.8 Å². The minimum atomic E-state index is -0.561. The number of aliphatic hydroxyl groups excluding tert-OH is 1. The highest BCUT2D eigenvalue weighted by Gasteiger charge is 2.25. The molecule has 1 aliphatic heterocycles. The van der Waals surface area contributed by atoms with Crippen LogP contribution in [0.1, 0.15) is 50.2 Å². The summed E-state index contributed by atoms with van der Waals surface area (Å²) in [7, 11) is 0. The van der Waals surface area contributed by atoms with Crippen LogP contribution in [-0.2, 0) is 32.0 Å². The number of hydrogen-bond donors (Lipinski definition) is 3. The van der Waals surface area contributed by atoms with Crippen molar-refractivity contribution in [2.75, 3.05) is 13.2 Å². The molecule has 38 heavy (non-hydrogen) atoms. The molecule has 1 heterocycles. The normalized spacial score (nSPS) is 22.0. The van der Waals surface area contributed by atoms with Crippen molar-refractivity contribution < 1.29 is 24.2 Å². The molecule has 3 N–H and O–H groups in total. The molecule has 2 aromatic carbocycles. The first-order valence-corrected chi connectivity index (χ1v) is 13.5. The number of amides is 2. The molecule has 0 unspecified atom stereocenters. The van der Waals surface area contributed by atoms with Gasteiger partial charge in [0.05, 0.1) is 30.5 Å². The van der Waals surface area contributed by atoms with Crippen LogP contribution < -0.4 is 10.6 Å². The molecule has 4 atom stereocenters. The van der Waals surface area contributed by atoms with E-state index in [-0.39, 0.29) is 49.4 Å². The fourth-order valence-corrected chi connectivity index (χ4v) is 4.64. The Labute approximate surface area is 225 Å². The van der Waals surface area contributed by atoms with E-state index in [0.717, 1.165) is 24.0 Å². The number of aliphatic hydroxyl groups is 1. The Balaban J connectivity index is 1.59. The summed E-state index contributed by atoms with van der Waals surface area (Å²) >= 11 is 0. The lowest BCUT2D eigenvalue weighted by atomic mass is 9.93. The van der Waals surface area contributed by atoms with Crippen LogP contribution in [0.4, 0.5) is 0 Å². The third-order valence-electron chi connectivity index (χ3n) is 6.75. The maximum Gasteiger partial charge on any atom is 0.309 e. The van der Waals surface area contributed by atoms with Crippen molar-refractivity contribution in [3.63, 3.8) is 0 Å². The molecular weight excluding hydrogens is 480 g/mol. The largest absolute Gasteiger partial charge is 0.463 e. The van der Waals surface area contributed by atoms with E-state index < -0.39 is 12.0 Å². The molecular formula is C31H40N2O5. The summed E-state index contributed by atoms with van der Waals surface area (Å²) in [5.74, 6) is -1.58. The summed E-state index contributed by atoms with van der Waals surface area (Å²) < 4.78 is 5.59. The number of allylic oxidation sites excluding steroid dienone is 2. The van der Waals surface area contributed by atoms with Crippen LogP contribution in [-0.4, -0.2) is 48.2 Å². The van der Waals surface area contributed by atoms with Crippen molar-refractivity contribution in [2.45, 2.75) is 64.0 Å². The van der Waals surface area contributed by atoms with E-state index in [1.165, 1.54) is 0 Å². The summed E-state index contributed by atoms with van der Waals surface area (Å²) in [4.78, 5) is 38.7. The lowest BCUT2D eigenvalue weighted by molar-refractivity contribution is -0.150. The van der Waals surface area contributed by atoms with Crippen molar-refractivity contribution in [1.82, 2.24) is 10.6 Å². The molecule has 1 aliphatic rings. The number of rotatable bonds is 8. The van der Waals surface area contributed by atoms with Crippen LogP contribution in [0.15, 0.2) is 72.8 Å². The first-order valence-electron chi connectivity index (χ1n) is 13.5. The highest BCUT2D eigenvalue weighted by molar-refractivity contribution is 5.86. The summed E-state index contributed by atoms with van der Waals surface area (Å²) in [6.07, 6.45) is 7.86. The Bertz CT molecular complexity index is 1040. The predicted octanol–water partition coefficient (Wildman–Crippen LogP) is 3.75. The standard InChI is InChI=1S/C31H40N2O5/c1-23-22-38-31(37)27(18-24-12-6-4-7-13-24)17-11-3-2-10-16-26(30(36)32-23)20-29(35)33-28(21-34)19-25-14-8-5-9-15-25/h2,4-10,12-15,23,26-28,34H,3,11,16-22H2,1H3,(H,32,36)(H,33,35)/t23-,26+,27+,28+/m0/s1. The average Bonchev–Trinajstić information content (AvgIpc) is 2.92. The Kier molecular flexibility index (Phi) is 12.0. The molecule has 2 amide bonds. The number of carbonyl (C=O) groups excluding carboxylic acids is 3. The quantitative estimate of drug-likeness (QED) is 0.363. The van der Waals surface area contributed by atoms with Crippen LogP contribution in [0, 0.1) is 11.8 Å². The summed E-state index contributed by atoms with van der Waals surface area (Å²) in [6.45, 7) is 1.68. The monoisotopic (exact) mass is 520 g/mol. The second-order valence-corrected chi connectivity index (χ2v) is 10.1. The third kappa shape index (κ3) is 10.1. The molecule has 7 heteroatoms. The lowest BCUT2D eigenvalue weighted by Crippen LogP contribution is -2.44. The summed E-state index contributed by atoms with van der Waals surface area (Å²) in [5.41, 5.74) is 2.11. The van der Waals surface area contributed by atoms with Gasteiger partial charge in [0, 0.05) is 6.42 Å². The van der Waals surface area contributed by atoms with Crippen LogP contribution >= 0.6 is 0 Å². The van der Waals surface area contributed by atoms with Gasteiger partial charge < -0.3 is 20.5 Å². The molecule has 3 rings (SSSR count). The summed E-state index contributed by atoms with van der Waals surface area (Å²) in [6, 6.07) is 18.8. The molecule has 0 fully saturated rings. The van der Waals surface area contributed by atoms with Crippen molar-refractivity contribution >= 4 is 17.8 Å². The van der Waals surface area contributed by atoms with Gasteiger partial charge in [-0.2, -0.15) is 0 Å². The zero-order valence-corrected chi connectivity index (χ0v) is 22.2. The van der Waals surface area contributed by atoms with Gasteiger partial charge >= 0.3 is 5.97 Å². The fraction of sp³-hybridized carbons (Fsp3) is 0.452. The Morgan fingerprint density at radius 1 is 1.03 bits per heavy atom. The van der Waals surface area contributed by atoms with Gasteiger partial charge in [-0.3, -0.25) is 14.4 Å². The van der Waals surface area contributed by atoms with Gasteiger partial charge in [-0.15, -0.1) is 0 Å².